The Kier molecular flexibility index (Phi) is 6.07. The molecule has 1 saturated heterocycles. The molecule has 1 amide bonds. The van der Waals surface area contributed by atoms with E-state index in [1.54, 1.807) is 12.1 Å². The van der Waals surface area contributed by atoms with Gasteiger partial charge in [0.15, 0.2) is 0 Å². The van der Waals surface area contributed by atoms with Gasteiger partial charge in [0, 0.05) is 18.7 Å². The van der Waals surface area contributed by atoms with E-state index in [1.165, 1.54) is 37.1 Å². The van der Waals surface area contributed by atoms with E-state index >= 15 is 0 Å². The summed E-state index contributed by atoms with van der Waals surface area (Å²) in [6, 6.07) is 15.6. The first-order chi connectivity index (χ1) is 12.3. The minimum atomic E-state index is -0.0565. The van der Waals surface area contributed by atoms with Crippen LogP contribution in [0.5, 0.6) is 5.75 Å². The van der Waals surface area contributed by atoms with E-state index in [9.17, 15) is 4.79 Å². The third kappa shape index (κ3) is 4.83. The predicted octanol–water partition coefficient (Wildman–Crippen LogP) is 3.61. The average molecular weight is 338 g/mol. The summed E-state index contributed by atoms with van der Waals surface area (Å²) in [4.78, 5) is 14.9. The van der Waals surface area contributed by atoms with Crippen LogP contribution in [0.3, 0.4) is 0 Å². The minimum absolute atomic E-state index is 0.0565. The van der Waals surface area contributed by atoms with Gasteiger partial charge in [0.2, 0.25) is 0 Å². The van der Waals surface area contributed by atoms with Gasteiger partial charge >= 0.3 is 0 Å². The minimum Gasteiger partial charge on any atom is -0.494 e. The lowest BCUT2D eigenvalue weighted by molar-refractivity contribution is 0.0950. The fourth-order valence-electron chi connectivity index (χ4n) is 3.21. The van der Waals surface area contributed by atoms with Gasteiger partial charge in [-0.3, -0.25) is 9.69 Å². The zero-order valence-corrected chi connectivity index (χ0v) is 14.8. The van der Waals surface area contributed by atoms with Gasteiger partial charge in [0.05, 0.1) is 6.61 Å². The highest BCUT2D eigenvalue weighted by atomic mass is 16.5. The second kappa shape index (κ2) is 8.67. The third-order valence-corrected chi connectivity index (χ3v) is 4.58. The van der Waals surface area contributed by atoms with Crippen molar-refractivity contribution in [3.8, 4) is 5.75 Å². The summed E-state index contributed by atoms with van der Waals surface area (Å²) < 4.78 is 5.41. The van der Waals surface area contributed by atoms with Gasteiger partial charge in [-0.15, -0.1) is 0 Å². The molecule has 0 saturated carbocycles. The van der Waals surface area contributed by atoms with Crippen LogP contribution < -0.4 is 10.1 Å². The molecule has 0 unspecified atom stereocenters. The van der Waals surface area contributed by atoms with Crippen molar-refractivity contribution < 1.29 is 9.53 Å². The first-order valence-corrected chi connectivity index (χ1v) is 9.06. The number of nitrogens with zero attached hydrogens (tertiary/aromatic N) is 1. The Morgan fingerprint density at radius 3 is 2.40 bits per heavy atom. The molecule has 0 spiro atoms. The van der Waals surface area contributed by atoms with E-state index in [-0.39, 0.29) is 5.91 Å². The summed E-state index contributed by atoms with van der Waals surface area (Å²) in [5, 5.41) is 3.03. The van der Waals surface area contributed by atoms with Crippen LogP contribution in [0.2, 0.25) is 0 Å². The highest BCUT2D eigenvalue weighted by Gasteiger charge is 2.14. The van der Waals surface area contributed by atoms with Crippen LogP contribution >= 0.6 is 0 Å². The summed E-state index contributed by atoms with van der Waals surface area (Å²) in [5.74, 6) is 0.731. The van der Waals surface area contributed by atoms with Crippen LogP contribution in [0.1, 0.15) is 41.3 Å². The van der Waals surface area contributed by atoms with Crippen LogP contribution in [0, 0.1) is 0 Å². The van der Waals surface area contributed by atoms with Crippen molar-refractivity contribution in [2.45, 2.75) is 32.9 Å². The molecule has 1 aliphatic rings. The highest BCUT2D eigenvalue weighted by Crippen LogP contribution is 2.16. The van der Waals surface area contributed by atoms with E-state index < -0.39 is 0 Å². The number of rotatable bonds is 7. The molecular formula is C21H26N2O2. The van der Waals surface area contributed by atoms with Gasteiger partial charge < -0.3 is 10.1 Å². The molecule has 0 aromatic heterocycles. The molecule has 1 aliphatic heterocycles. The molecule has 4 nitrogen and oxygen atoms in total. The third-order valence-electron chi connectivity index (χ3n) is 4.58. The number of carbonyl (C=O) groups is 1. The lowest BCUT2D eigenvalue weighted by atomic mass is 10.1. The molecule has 0 aliphatic carbocycles. The number of benzene rings is 2. The summed E-state index contributed by atoms with van der Waals surface area (Å²) in [6.45, 7) is 6.43. The first kappa shape index (κ1) is 17.5. The highest BCUT2D eigenvalue weighted by molar-refractivity contribution is 5.94. The van der Waals surface area contributed by atoms with Crippen LogP contribution in [0.4, 0.5) is 0 Å². The van der Waals surface area contributed by atoms with Crippen molar-refractivity contribution in [1.29, 1.82) is 0 Å². The normalized spacial score (nSPS) is 14.4. The molecule has 3 rings (SSSR count). The monoisotopic (exact) mass is 338 g/mol. The molecule has 132 valence electrons. The van der Waals surface area contributed by atoms with E-state index in [1.807, 2.05) is 25.1 Å². The van der Waals surface area contributed by atoms with Crippen molar-refractivity contribution in [1.82, 2.24) is 10.2 Å². The Morgan fingerprint density at radius 2 is 1.72 bits per heavy atom. The number of hydrogen-bond donors (Lipinski definition) is 1. The fourth-order valence-corrected chi connectivity index (χ4v) is 3.21. The SMILES string of the molecule is CCOc1ccc(C(=O)NCc2ccccc2CN2CCCC2)cc1. The van der Waals surface area contributed by atoms with Crippen LogP contribution in [0.15, 0.2) is 48.5 Å². The molecule has 2 aromatic carbocycles. The molecule has 0 bridgehead atoms. The van der Waals surface area contributed by atoms with Crippen molar-refractivity contribution in [3.63, 3.8) is 0 Å². The number of carbonyl (C=O) groups excluding carboxylic acids is 1. The summed E-state index contributed by atoms with van der Waals surface area (Å²) in [6.07, 6.45) is 2.58. The molecule has 2 aromatic rings. The molecule has 1 N–H and O–H groups in total. The first-order valence-electron chi connectivity index (χ1n) is 9.06. The summed E-state index contributed by atoms with van der Waals surface area (Å²) in [7, 11) is 0. The van der Waals surface area contributed by atoms with Gasteiger partial charge in [-0.05, 0) is 68.2 Å². The lowest BCUT2D eigenvalue weighted by Crippen LogP contribution is -2.25. The molecular weight excluding hydrogens is 312 g/mol. The van der Waals surface area contributed by atoms with Gasteiger partial charge in [-0.1, -0.05) is 24.3 Å². The summed E-state index contributed by atoms with van der Waals surface area (Å²) >= 11 is 0. The molecule has 1 fully saturated rings. The maximum Gasteiger partial charge on any atom is 0.251 e. The van der Waals surface area contributed by atoms with Gasteiger partial charge in [-0.2, -0.15) is 0 Å². The Morgan fingerprint density at radius 1 is 1.04 bits per heavy atom. The lowest BCUT2D eigenvalue weighted by Gasteiger charge is -2.17. The Balaban J connectivity index is 1.59. The Labute approximate surface area is 149 Å². The Bertz CT molecular complexity index is 691. The smallest absolute Gasteiger partial charge is 0.251 e. The average Bonchev–Trinajstić information content (AvgIpc) is 3.15. The van der Waals surface area contributed by atoms with E-state index in [4.69, 9.17) is 4.74 Å². The molecule has 0 atom stereocenters. The van der Waals surface area contributed by atoms with Crippen LogP contribution in [-0.4, -0.2) is 30.5 Å². The second-order valence-electron chi connectivity index (χ2n) is 6.39. The maximum absolute atomic E-state index is 12.4. The largest absolute Gasteiger partial charge is 0.494 e. The van der Waals surface area contributed by atoms with E-state index in [0.29, 0.717) is 18.7 Å². The van der Waals surface area contributed by atoms with Gasteiger partial charge in [0.1, 0.15) is 5.75 Å². The number of amides is 1. The van der Waals surface area contributed by atoms with Crippen molar-refractivity contribution >= 4 is 5.91 Å². The van der Waals surface area contributed by atoms with Crippen LogP contribution in [0.25, 0.3) is 0 Å². The Hall–Kier alpha value is -2.33. The molecule has 0 radical (unpaired) electrons. The molecule has 4 heteroatoms. The number of hydrogen-bond acceptors (Lipinski definition) is 3. The van der Waals surface area contributed by atoms with E-state index in [0.717, 1.165) is 12.3 Å². The van der Waals surface area contributed by atoms with E-state index in [2.05, 4.69) is 28.4 Å². The standard InChI is InChI=1S/C21H26N2O2/c1-2-25-20-11-9-17(10-12-20)21(24)22-15-18-7-3-4-8-19(18)16-23-13-5-6-14-23/h3-4,7-12H,2,5-6,13-16H2,1H3,(H,22,24). The zero-order valence-electron chi connectivity index (χ0n) is 14.8. The van der Waals surface area contributed by atoms with Gasteiger partial charge in [-0.25, -0.2) is 0 Å². The second-order valence-corrected chi connectivity index (χ2v) is 6.39. The van der Waals surface area contributed by atoms with Crippen molar-refractivity contribution in [2.75, 3.05) is 19.7 Å². The topological polar surface area (TPSA) is 41.6 Å². The summed E-state index contributed by atoms with van der Waals surface area (Å²) in [5.41, 5.74) is 3.14. The van der Waals surface area contributed by atoms with Crippen molar-refractivity contribution in [3.05, 3.63) is 65.2 Å². The van der Waals surface area contributed by atoms with Crippen LogP contribution in [-0.2, 0) is 13.1 Å². The maximum atomic E-state index is 12.4. The number of nitrogens with one attached hydrogen (secondary N) is 1. The quantitative estimate of drug-likeness (QED) is 0.838. The molecule has 25 heavy (non-hydrogen) atoms. The predicted molar refractivity (Wildman–Crippen MR) is 99.7 cm³/mol. The van der Waals surface area contributed by atoms with Crippen molar-refractivity contribution in [2.24, 2.45) is 0 Å². The zero-order chi connectivity index (χ0) is 17.5. The number of likely N-dealkylation sites (tertiary alicyclic amines) is 1. The molecule has 1 heterocycles. The number of ether oxygens (including phenoxy) is 1. The van der Waals surface area contributed by atoms with Gasteiger partial charge in [0.25, 0.3) is 5.91 Å². The fraction of sp³-hybridized carbons (Fsp3) is 0.381.